The van der Waals surface area contributed by atoms with Crippen LogP contribution in [0, 0.1) is 5.92 Å². The SMILES string of the molecule is CC1CCC(CN)(NS(=O)(=O)CCS(C)(=O)=O)CC1. The lowest BCUT2D eigenvalue weighted by molar-refractivity contribution is 0.231. The van der Waals surface area contributed by atoms with Crippen LogP contribution in [0.25, 0.3) is 0 Å². The maximum Gasteiger partial charge on any atom is 0.213 e. The summed E-state index contributed by atoms with van der Waals surface area (Å²) in [6.07, 6.45) is 4.33. The third-order valence-corrected chi connectivity index (χ3v) is 6.41. The van der Waals surface area contributed by atoms with Crippen LogP contribution in [0.5, 0.6) is 0 Å². The lowest BCUT2D eigenvalue weighted by Crippen LogP contribution is -2.56. The molecule has 0 heterocycles. The fourth-order valence-electron chi connectivity index (χ4n) is 2.30. The minimum absolute atomic E-state index is 0.248. The maximum absolute atomic E-state index is 12.0. The fourth-order valence-corrected chi connectivity index (χ4v) is 5.44. The van der Waals surface area contributed by atoms with Crippen molar-refractivity contribution in [2.24, 2.45) is 11.7 Å². The summed E-state index contributed by atoms with van der Waals surface area (Å²) in [5.41, 5.74) is 5.13. The molecule has 0 amide bonds. The van der Waals surface area contributed by atoms with Gasteiger partial charge in [0.2, 0.25) is 10.0 Å². The Bertz CT molecular complexity index is 491. The van der Waals surface area contributed by atoms with Gasteiger partial charge in [0.1, 0.15) is 9.84 Å². The second-order valence-corrected chi connectivity index (χ2v) is 9.82. The molecule has 0 aliphatic heterocycles. The van der Waals surface area contributed by atoms with E-state index in [1.807, 2.05) is 0 Å². The number of nitrogens with one attached hydrogen (secondary N) is 1. The molecule has 0 unspecified atom stereocenters. The highest BCUT2D eigenvalue weighted by Gasteiger charge is 2.36. The zero-order valence-electron chi connectivity index (χ0n) is 11.6. The van der Waals surface area contributed by atoms with Gasteiger partial charge < -0.3 is 5.73 Å². The highest BCUT2D eigenvalue weighted by Crippen LogP contribution is 2.31. The van der Waals surface area contributed by atoms with Crippen LogP contribution in [0.4, 0.5) is 0 Å². The predicted molar refractivity (Wildman–Crippen MR) is 76.1 cm³/mol. The average Bonchev–Trinajstić information content (AvgIpc) is 2.29. The zero-order chi connectivity index (χ0) is 14.7. The highest BCUT2D eigenvalue weighted by molar-refractivity contribution is 7.93. The molecular formula is C11H24N2O4S2. The summed E-state index contributed by atoms with van der Waals surface area (Å²) in [4.78, 5) is 0. The van der Waals surface area contributed by atoms with Crippen LogP contribution >= 0.6 is 0 Å². The fraction of sp³-hybridized carbons (Fsp3) is 1.00. The Morgan fingerprint density at radius 2 is 1.68 bits per heavy atom. The Kier molecular flexibility index (Phi) is 5.39. The van der Waals surface area contributed by atoms with Gasteiger partial charge in [-0.1, -0.05) is 6.92 Å². The van der Waals surface area contributed by atoms with Gasteiger partial charge in [-0.3, -0.25) is 0 Å². The summed E-state index contributed by atoms with van der Waals surface area (Å²) in [6.45, 7) is 2.39. The summed E-state index contributed by atoms with van der Waals surface area (Å²) in [6, 6.07) is 0. The van der Waals surface area contributed by atoms with Crippen molar-refractivity contribution >= 4 is 19.9 Å². The van der Waals surface area contributed by atoms with Crippen molar-refractivity contribution in [2.45, 2.75) is 38.1 Å². The summed E-state index contributed by atoms with van der Waals surface area (Å²) in [5.74, 6) is -0.178. The van der Waals surface area contributed by atoms with E-state index in [0.717, 1.165) is 19.1 Å². The number of hydrogen-bond donors (Lipinski definition) is 2. The second-order valence-electron chi connectivity index (χ2n) is 5.72. The zero-order valence-corrected chi connectivity index (χ0v) is 13.2. The van der Waals surface area contributed by atoms with Crippen molar-refractivity contribution in [1.29, 1.82) is 0 Å². The molecule has 0 spiro atoms. The first-order chi connectivity index (χ1) is 8.58. The molecule has 0 radical (unpaired) electrons. The lowest BCUT2D eigenvalue weighted by Gasteiger charge is -2.38. The Hall–Kier alpha value is -0.180. The molecule has 114 valence electrons. The van der Waals surface area contributed by atoms with Crippen LogP contribution in [0.15, 0.2) is 0 Å². The van der Waals surface area contributed by atoms with E-state index in [4.69, 9.17) is 5.73 Å². The quantitative estimate of drug-likeness (QED) is 0.710. The minimum atomic E-state index is -3.61. The lowest BCUT2D eigenvalue weighted by atomic mass is 9.78. The number of sulfone groups is 1. The van der Waals surface area contributed by atoms with Crippen molar-refractivity contribution < 1.29 is 16.8 Å². The molecule has 1 aliphatic carbocycles. The Morgan fingerprint density at radius 1 is 1.16 bits per heavy atom. The van der Waals surface area contributed by atoms with Gasteiger partial charge in [-0.2, -0.15) is 0 Å². The largest absolute Gasteiger partial charge is 0.329 e. The van der Waals surface area contributed by atoms with Gasteiger partial charge in [0.25, 0.3) is 0 Å². The summed E-state index contributed by atoms with van der Waals surface area (Å²) >= 11 is 0. The Balaban J connectivity index is 2.69. The molecule has 0 aromatic heterocycles. The van der Waals surface area contributed by atoms with Crippen LogP contribution in [-0.2, 0) is 19.9 Å². The maximum atomic E-state index is 12.0. The van der Waals surface area contributed by atoms with E-state index in [1.165, 1.54) is 0 Å². The summed E-state index contributed by atoms with van der Waals surface area (Å²) in [5, 5.41) is 0. The van der Waals surface area contributed by atoms with Gasteiger partial charge in [-0.15, -0.1) is 0 Å². The molecule has 3 N–H and O–H groups in total. The molecule has 0 saturated heterocycles. The van der Waals surface area contributed by atoms with Gasteiger partial charge >= 0.3 is 0 Å². The van der Waals surface area contributed by atoms with E-state index in [9.17, 15) is 16.8 Å². The molecule has 0 aromatic carbocycles. The Labute approximate surface area is 116 Å². The molecule has 1 fully saturated rings. The molecule has 0 aromatic rings. The van der Waals surface area contributed by atoms with Gasteiger partial charge in [0.05, 0.1) is 11.5 Å². The second kappa shape index (κ2) is 6.07. The smallest absolute Gasteiger partial charge is 0.213 e. The third kappa shape index (κ3) is 5.76. The molecule has 0 atom stereocenters. The predicted octanol–water partition coefficient (Wildman–Crippen LogP) is -0.142. The van der Waals surface area contributed by atoms with Crippen molar-refractivity contribution in [3.8, 4) is 0 Å². The standard InChI is InChI=1S/C11H24N2O4S2/c1-10-3-5-11(9-12,6-4-10)13-19(16,17)8-7-18(2,14)15/h10,13H,3-9,12H2,1-2H3. The van der Waals surface area contributed by atoms with Crippen LogP contribution in [0.1, 0.15) is 32.6 Å². The van der Waals surface area contributed by atoms with E-state index < -0.39 is 31.2 Å². The van der Waals surface area contributed by atoms with Crippen LogP contribution in [-0.4, -0.2) is 46.7 Å². The monoisotopic (exact) mass is 312 g/mol. The van der Waals surface area contributed by atoms with Crippen molar-refractivity contribution in [3.05, 3.63) is 0 Å². The van der Waals surface area contributed by atoms with Gasteiger partial charge in [-0.05, 0) is 31.6 Å². The molecule has 6 nitrogen and oxygen atoms in total. The molecule has 1 rings (SSSR count). The topological polar surface area (TPSA) is 106 Å². The normalized spacial score (nSPS) is 29.3. The van der Waals surface area contributed by atoms with E-state index in [1.54, 1.807) is 0 Å². The first-order valence-corrected chi connectivity index (χ1v) is 10.2. The first kappa shape index (κ1) is 16.9. The van der Waals surface area contributed by atoms with E-state index >= 15 is 0 Å². The van der Waals surface area contributed by atoms with Crippen LogP contribution < -0.4 is 10.5 Å². The van der Waals surface area contributed by atoms with E-state index in [0.29, 0.717) is 18.8 Å². The third-order valence-electron chi connectivity index (χ3n) is 3.72. The summed E-state index contributed by atoms with van der Waals surface area (Å²) in [7, 11) is -6.90. The van der Waals surface area contributed by atoms with Gasteiger partial charge in [0, 0.05) is 18.3 Å². The number of sulfonamides is 1. The molecule has 1 aliphatic rings. The first-order valence-electron chi connectivity index (χ1n) is 6.47. The van der Waals surface area contributed by atoms with E-state index in [2.05, 4.69) is 11.6 Å². The molecule has 0 bridgehead atoms. The van der Waals surface area contributed by atoms with Crippen molar-refractivity contribution in [2.75, 3.05) is 24.3 Å². The highest BCUT2D eigenvalue weighted by atomic mass is 32.2. The molecule has 1 saturated carbocycles. The van der Waals surface area contributed by atoms with Gasteiger partial charge in [0.15, 0.2) is 0 Å². The number of nitrogens with two attached hydrogens (primary N) is 1. The van der Waals surface area contributed by atoms with E-state index in [-0.39, 0.29) is 12.3 Å². The average molecular weight is 312 g/mol. The Morgan fingerprint density at radius 3 is 2.11 bits per heavy atom. The number of rotatable bonds is 6. The van der Waals surface area contributed by atoms with Crippen LogP contribution in [0.3, 0.4) is 0 Å². The van der Waals surface area contributed by atoms with Crippen molar-refractivity contribution in [1.82, 2.24) is 4.72 Å². The summed E-state index contributed by atoms with van der Waals surface area (Å²) < 4.78 is 48.6. The molecular weight excluding hydrogens is 288 g/mol. The molecule has 19 heavy (non-hydrogen) atoms. The number of hydrogen-bond acceptors (Lipinski definition) is 5. The minimum Gasteiger partial charge on any atom is -0.329 e. The molecule has 8 heteroatoms. The van der Waals surface area contributed by atoms with Gasteiger partial charge in [-0.25, -0.2) is 21.6 Å². The van der Waals surface area contributed by atoms with Crippen molar-refractivity contribution in [3.63, 3.8) is 0 Å². The van der Waals surface area contributed by atoms with Crippen LogP contribution in [0.2, 0.25) is 0 Å².